The van der Waals surface area contributed by atoms with Crippen LogP contribution in [0.5, 0.6) is 0 Å². The Kier molecular flexibility index (Phi) is 2.31. The van der Waals surface area contributed by atoms with Crippen LogP contribution in [0.1, 0.15) is 25.2 Å². The Hall–Kier alpha value is -0.350. The van der Waals surface area contributed by atoms with Crippen LogP contribution in [0.15, 0.2) is 4.47 Å². The smallest absolute Gasteiger partial charge is 0.152 e. The van der Waals surface area contributed by atoms with E-state index in [9.17, 15) is 5.11 Å². The second kappa shape index (κ2) is 2.85. The molecule has 1 rings (SSSR count). The van der Waals surface area contributed by atoms with Gasteiger partial charge in [-0.2, -0.15) is 5.10 Å². The molecule has 0 spiro atoms. The van der Waals surface area contributed by atoms with Crippen LogP contribution < -0.4 is 0 Å². The van der Waals surface area contributed by atoms with Gasteiger partial charge in [-0.15, -0.1) is 0 Å². The van der Waals surface area contributed by atoms with Crippen LogP contribution in [0.25, 0.3) is 0 Å². The number of hydrogen-bond acceptors (Lipinski definition) is 2. The van der Waals surface area contributed by atoms with E-state index in [1.165, 1.54) is 0 Å². The summed E-state index contributed by atoms with van der Waals surface area (Å²) < 4.78 is 2.57. The van der Waals surface area contributed by atoms with E-state index in [0.717, 1.165) is 15.9 Å². The van der Waals surface area contributed by atoms with Gasteiger partial charge in [0, 0.05) is 0 Å². The van der Waals surface area contributed by atoms with Crippen LogP contribution in [0.3, 0.4) is 0 Å². The summed E-state index contributed by atoms with van der Waals surface area (Å²) in [7, 11) is 0. The van der Waals surface area contributed by atoms with Gasteiger partial charge >= 0.3 is 0 Å². The van der Waals surface area contributed by atoms with Gasteiger partial charge in [-0.1, -0.05) is 0 Å². The molecule has 0 saturated heterocycles. The Morgan fingerprint density at radius 1 is 1.42 bits per heavy atom. The summed E-state index contributed by atoms with van der Waals surface area (Å²) in [6, 6.07) is 0. The van der Waals surface area contributed by atoms with E-state index in [2.05, 4.69) is 21.0 Å². The van der Waals surface area contributed by atoms with E-state index in [-0.39, 0.29) is 0 Å². The molecule has 1 aromatic heterocycles. The third-order valence-corrected chi connectivity index (χ3v) is 2.87. The molecular formula is C8H13BrN2O. The molecule has 0 bridgehead atoms. The molecule has 0 radical (unpaired) electrons. The Labute approximate surface area is 80.5 Å². The minimum atomic E-state index is -0.930. The fourth-order valence-corrected chi connectivity index (χ4v) is 1.40. The number of halogens is 1. The van der Waals surface area contributed by atoms with Gasteiger partial charge in [0.05, 0.1) is 15.9 Å². The average molecular weight is 233 g/mol. The first-order valence-electron chi connectivity index (χ1n) is 3.78. The Bertz CT molecular complexity index is 299. The number of nitrogens with zero attached hydrogens (tertiary/aromatic N) is 2. The number of aromatic nitrogens is 2. The molecule has 0 aromatic carbocycles. The number of rotatable bonds is 1. The summed E-state index contributed by atoms with van der Waals surface area (Å²) in [6.45, 7) is 7.24. The number of aliphatic hydroxyl groups is 1. The highest BCUT2D eigenvalue weighted by atomic mass is 79.9. The molecular weight excluding hydrogens is 220 g/mol. The minimum absolute atomic E-state index is 0.898. The molecule has 0 atom stereocenters. The molecule has 0 aliphatic carbocycles. The van der Waals surface area contributed by atoms with E-state index in [1.54, 1.807) is 18.5 Å². The zero-order valence-electron chi connectivity index (χ0n) is 7.72. The number of aryl methyl sites for hydroxylation is 1. The lowest BCUT2D eigenvalue weighted by atomic mass is 10.3. The highest BCUT2D eigenvalue weighted by Crippen LogP contribution is 2.23. The minimum Gasteiger partial charge on any atom is -0.370 e. The van der Waals surface area contributed by atoms with Crippen LogP contribution >= 0.6 is 15.9 Å². The second-order valence-electron chi connectivity index (χ2n) is 3.39. The molecule has 0 amide bonds. The molecule has 12 heavy (non-hydrogen) atoms. The van der Waals surface area contributed by atoms with Crippen LogP contribution in [0.4, 0.5) is 0 Å². The van der Waals surface area contributed by atoms with Crippen LogP contribution in [0.2, 0.25) is 0 Å². The van der Waals surface area contributed by atoms with Crippen molar-refractivity contribution in [3.8, 4) is 0 Å². The van der Waals surface area contributed by atoms with Gasteiger partial charge in [-0.25, -0.2) is 4.68 Å². The summed E-state index contributed by atoms with van der Waals surface area (Å²) in [5, 5.41) is 13.9. The standard InChI is InChI=1S/C8H13BrN2O/c1-5-7(9)6(2)11(10-5)8(3,4)12/h12H,1-4H3. The van der Waals surface area contributed by atoms with E-state index >= 15 is 0 Å². The SMILES string of the molecule is Cc1nn(C(C)(C)O)c(C)c1Br. The maximum absolute atomic E-state index is 9.69. The maximum atomic E-state index is 9.69. The molecule has 68 valence electrons. The van der Waals surface area contributed by atoms with Gasteiger partial charge in [0.1, 0.15) is 0 Å². The van der Waals surface area contributed by atoms with Gasteiger partial charge in [-0.3, -0.25) is 0 Å². The predicted molar refractivity (Wildman–Crippen MR) is 50.9 cm³/mol. The molecule has 0 saturated carbocycles. The third kappa shape index (κ3) is 1.54. The lowest BCUT2D eigenvalue weighted by molar-refractivity contribution is -0.0125. The molecule has 4 heteroatoms. The Morgan fingerprint density at radius 2 is 1.92 bits per heavy atom. The largest absolute Gasteiger partial charge is 0.370 e. The van der Waals surface area contributed by atoms with Crippen molar-refractivity contribution in [2.75, 3.05) is 0 Å². The lowest BCUT2D eigenvalue weighted by Gasteiger charge is -2.19. The topological polar surface area (TPSA) is 38.0 Å². The average Bonchev–Trinajstić information content (AvgIpc) is 2.15. The molecule has 0 fully saturated rings. The van der Waals surface area contributed by atoms with Crippen molar-refractivity contribution in [3.63, 3.8) is 0 Å². The van der Waals surface area contributed by atoms with Crippen LogP contribution in [-0.4, -0.2) is 14.9 Å². The highest BCUT2D eigenvalue weighted by Gasteiger charge is 2.21. The quantitative estimate of drug-likeness (QED) is 0.804. The molecule has 3 nitrogen and oxygen atoms in total. The van der Waals surface area contributed by atoms with Crippen molar-refractivity contribution in [3.05, 3.63) is 15.9 Å². The predicted octanol–water partition coefficient (Wildman–Crippen LogP) is 1.95. The van der Waals surface area contributed by atoms with E-state index in [0.29, 0.717) is 0 Å². The molecule has 1 N–H and O–H groups in total. The number of hydrogen-bond donors (Lipinski definition) is 1. The first kappa shape index (κ1) is 9.74. The summed E-state index contributed by atoms with van der Waals surface area (Å²) in [4.78, 5) is 0. The van der Waals surface area contributed by atoms with Crippen molar-refractivity contribution in [2.45, 2.75) is 33.4 Å². The van der Waals surface area contributed by atoms with Crippen molar-refractivity contribution < 1.29 is 5.11 Å². The molecule has 1 aromatic rings. The fraction of sp³-hybridized carbons (Fsp3) is 0.625. The van der Waals surface area contributed by atoms with Gasteiger partial charge in [0.2, 0.25) is 0 Å². The molecule has 0 unspecified atom stereocenters. The summed E-state index contributed by atoms with van der Waals surface area (Å²) >= 11 is 3.40. The zero-order valence-corrected chi connectivity index (χ0v) is 9.31. The fourth-order valence-electron chi connectivity index (χ4n) is 1.16. The van der Waals surface area contributed by atoms with Crippen LogP contribution in [-0.2, 0) is 5.72 Å². The van der Waals surface area contributed by atoms with E-state index in [4.69, 9.17) is 0 Å². The van der Waals surface area contributed by atoms with Crippen molar-refractivity contribution in [1.82, 2.24) is 9.78 Å². The monoisotopic (exact) mass is 232 g/mol. The first-order chi connectivity index (χ1) is 5.34. The van der Waals surface area contributed by atoms with Crippen molar-refractivity contribution >= 4 is 15.9 Å². The Morgan fingerprint density at radius 3 is 2.08 bits per heavy atom. The maximum Gasteiger partial charge on any atom is 0.152 e. The summed E-state index contributed by atoms with van der Waals surface area (Å²) in [5.41, 5.74) is 0.913. The molecule has 0 aliphatic rings. The van der Waals surface area contributed by atoms with Crippen molar-refractivity contribution in [2.24, 2.45) is 0 Å². The summed E-state index contributed by atoms with van der Waals surface area (Å²) in [6.07, 6.45) is 0. The van der Waals surface area contributed by atoms with Crippen molar-refractivity contribution in [1.29, 1.82) is 0 Å². The normalized spacial score (nSPS) is 12.2. The lowest BCUT2D eigenvalue weighted by Crippen LogP contribution is -2.27. The zero-order chi connectivity index (χ0) is 9.52. The van der Waals surface area contributed by atoms with E-state index in [1.807, 2.05) is 13.8 Å². The third-order valence-electron chi connectivity index (χ3n) is 1.72. The van der Waals surface area contributed by atoms with Crippen LogP contribution in [0, 0.1) is 13.8 Å². The second-order valence-corrected chi connectivity index (χ2v) is 4.18. The van der Waals surface area contributed by atoms with Gasteiger partial charge in [0.15, 0.2) is 5.72 Å². The summed E-state index contributed by atoms with van der Waals surface area (Å²) in [5.74, 6) is 0. The Balaban J connectivity index is 3.28. The van der Waals surface area contributed by atoms with Gasteiger partial charge < -0.3 is 5.11 Å². The highest BCUT2D eigenvalue weighted by molar-refractivity contribution is 9.10. The van der Waals surface area contributed by atoms with E-state index < -0.39 is 5.72 Å². The van der Waals surface area contributed by atoms with Gasteiger partial charge in [-0.05, 0) is 43.6 Å². The molecule has 1 heterocycles. The van der Waals surface area contributed by atoms with Gasteiger partial charge in [0.25, 0.3) is 0 Å². The first-order valence-corrected chi connectivity index (χ1v) is 4.58. The molecule has 0 aliphatic heterocycles.